The fraction of sp³-hybridized carbons (Fsp3) is 0.276. The van der Waals surface area contributed by atoms with Gasteiger partial charge in [0.15, 0.2) is 5.69 Å². The lowest BCUT2D eigenvalue weighted by Gasteiger charge is -2.19. The Hall–Kier alpha value is -3.73. The molecule has 5 heteroatoms. The van der Waals surface area contributed by atoms with Crippen LogP contribution in [-0.4, -0.2) is 15.6 Å². The molecule has 1 heterocycles. The molecule has 4 aromatic rings. The molecule has 2 atom stereocenters. The predicted octanol–water partition coefficient (Wildman–Crippen LogP) is 7.11. The summed E-state index contributed by atoms with van der Waals surface area (Å²) < 4.78 is 1.81. The monoisotopic (exact) mass is 451 g/mol. The highest BCUT2D eigenvalue weighted by Crippen LogP contribution is 2.49. The molecular weight excluding hydrogens is 422 g/mol. The minimum atomic E-state index is -0.232. The number of rotatable bonds is 5. The van der Waals surface area contributed by atoms with Crippen LogP contribution in [0.5, 0.6) is 5.88 Å². The molecule has 5 rings (SSSR count). The van der Waals surface area contributed by atoms with Gasteiger partial charge in [0.2, 0.25) is 5.88 Å². The second-order valence-electron chi connectivity index (χ2n) is 10.1. The van der Waals surface area contributed by atoms with Gasteiger partial charge in [0.05, 0.1) is 12.1 Å². The zero-order valence-electron chi connectivity index (χ0n) is 19.8. The lowest BCUT2D eigenvalue weighted by atomic mass is 9.86. The largest absolute Gasteiger partial charge is 0.493 e. The Morgan fingerprint density at radius 3 is 2.35 bits per heavy atom. The van der Waals surface area contributed by atoms with Gasteiger partial charge < -0.3 is 9.67 Å². The van der Waals surface area contributed by atoms with Gasteiger partial charge in [-0.3, -0.25) is 4.79 Å². The molecule has 1 aliphatic rings. The number of hydrogen-bond donors (Lipinski definition) is 1. The van der Waals surface area contributed by atoms with E-state index in [1.807, 2.05) is 54.6 Å². The molecule has 172 valence electrons. The van der Waals surface area contributed by atoms with Crippen molar-refractivity contribution in [3.8, 4) is 5.88 Å². The van der Waals surface area contributed by atoms with Crippen LogP contribution in [0.25, 0.3) is 10.9 Å². The molecule has 1 aromatic heterocycles. The Kier molecular flexibility index (Phi) is 5.56. The number of fused-ring (bicyclic) bond motifs is 1. The summed E-state index contributed by atoms with van der Waals surface area (Å²) in [6.07, 6.45) is 0.786. The van der Waals surface area contributed by atoms with Crippen LogP contribution in [0.2, 0.25) is 0 Å². The van der Waals surface area contributed by atoms with Gasteiger partial charge >= 0.3 is 0 Å². The lowest BCUT2D eigenvalue weighted by molar-refractivity contribution is -0.119. The summed E-state index contributed by atoms with van der Waals surface area (Å²) in [6, 6.07) is 26.1. The maximum atomic E-state index is 12.8. The highest BCUT2D eigenvalue weighted by Gasteiger charge is 2.44. The third-order valence-electron chi connectivity index (χ3n) is 6.66. The molecular formula is C29H29N3O2. The Bertz CT molecular complexity index is 1360. The van der Waals surface area contributed by atoms with Crippen LogP contribution in [0.15, 0.2) is 89.1 Å². The molecule has 1 aliphatic carbocycles. The third kappa shape index (κ3) is 4.26. The van der Waals surface area contributed by atoms with Gasteiger partial charge in [0.25, 0.3) is 5.91 Å². The molecule has 1 saturated carbocycles. The van der Waals surface area contributed by atoms with E-state index in [0.717, 1.165) is 22.9 Å². The molecule has 5 nitrogen and oxygen atoms in total. The third-order valence-corrected chi connectivity index (χ3v) is 6.66. The number of azo groups is 1. The SMILES string of the molecule is CC(C)(C)c1ccc([C@H]2C[C@H]2C(=O)N=Nc2c(O)n(Cc3ccccc3)c3ccccc23)cc1. The van der Waals surface area contributed by atoms with Gasteiger partial charge in [0.1, 0.15) is 0 Å². The Morgan fingerprint density at radius 2 is 1.65 bits per heavy atom. The van der Waals surface area contributed by atoms with Crippen molar-refractivity contribution in [1.29, 1.82) is 0 Å². The van der Waals surface area contributed by atoms with E-state index >= 15 is 0 Å². The zero-order chi connectivity index (χ0) is 23.9. The first-order valence-electron chi connectivity index (χ1n) is 11.7. The molecule has 0 saturated heterocycles. The van der Waals surface area contributed by atoms with Crippen molar-refractivity contribution >= 4 is 22.5 Å². The summed E-state index contributed by atoms with van der Waals surface area (Å²) in [5.41, 5.74) is 4.81. The van der Waals surface area contributed by atoms with Crippen LogP contribution >= 0.6 is 0 Å². The summed E-state index contributed by atoms with van der Waals surface area (Å²) in [5, 5.41) is 20.0. The molecule has 34 heavy (non-hydrogen) atoms. The molecule has 0 unspecified atom stereocenters. The summed E-state index contributed by atoms with van der Waals surface area (Å²) in [4.78, 5) is 12.8. The van der Waals surface area contributed by atoms with Gasteiger partial charge in [-0.2, -0.15) is 0 Å². The van der Waals surface area contributed by atoms with Gasteiger partial charge in [-0.25, -0.2) is 0 Å². The average molecular weight is 452 g/mol. The molecule has 0 bridgehead atoms. The fourth-order valence-corrected chi connectivity index (χ4v) is 4.54. The van der Waals surface area contributed by atoms with Crippen LogP contribution in [0, 0.1) is 5.92 Å². The number of benzene rings is 3. The van der Waals surface area contributed by atoms with Crippen molar-refractivity contribution in [2.75, 3.05) is 0 Å². The van der Waals surface area contributed by atoms with E-state index < -0.39 is 0 Å². The summed E-state index contributed by atoms with van der Waals surface area (Å²) in [6.45, 7) is 7.08. The molecule has 1 N–H and O–H groups in total. The number of aromatic hydroxyl groups is 1. The number of para-hydroxylation sites is 1. The van der Waals surface area contributed by atoms with E-state index in [-0.39, 0.29) is 29.0 Å². The Balaban J connectivity index is 1.35. The highest BCUT2D eigenvalue weighted by molar-refractivity contribution is 5.95. The smallest absolute Gasteiger partial charge is 0.268 e. The number of aromatic nitrogens is 1. The molecule has 1 amide bonds. The standard InChI is InChI=1S/C29H29N3O2/c1-29(2,3)21-15-13-20(14-16-21)23-17-24(23)27(33)31-30-26-22-11-7-8-12-25(22)32(28(26)34)18-19-9-5-4-6-10-19/h4-16,23-24,34H,17-18H2,1-3H3/t23-,24-/m1/s1. The number of carbonyl (C=O) groups excluding carboxylic acids is 1. The minimum Gasteiger partial charge on any atom is -0.493 e. The van der Waals surface area contributed by atoms with Crippen molar-refractivity contribution in [3.05, 3.63) is 95.6 Å². The molecule has 0 radical (unpaired) electrons. The first-order valence-corrected chi connectivity index (χ1v) is 11.7. The number of hydrogen-bond acceptors (Lipinski definition) is 3. The van der Waals surface area contributed by atoms with Crippen LogP contribution in [-0.2, 0) is 16.8 Å². The summed E-state index contributed by atoms with van der Waals surface area (Å²) in [5.74, 6) is -0.173. The normalized spacial score (nSPS) is 18.0. The minimum absolute atomic E-state index is 0.0201. The van der Waals surface area contributed by atoms with Crippen LogP contribution in [0.3, 0.4) is 0 Å². The van der Waals surface area contributed by atoms with E-state index in [0.29, 0.717) is 12.2 Å². The van der Waals surface area contributed by atoms with Crippen LogP contribution in [0.1, 0.15) is 49.8 Å². The Morgan fingerprint density at radius 1 is 0.971 bits per heavy atom. The first-order chi connectivity index (χ1) is 16.3. The van der Waals surface area contributed by atoms with Gasteiger partial charge in [-0.1, -0.05) is 93.6 Å². The molecule has 0 aliphatic heterocycles. The molecule has 0 spiro atoms. The maximum absolute atomic E-state index is 12.8. The van der Waals surface area contributed by atoms with E-state index in [1.165, 1.54) is 11.1 Å². The molecule has 1 fully saturated rings. The average Bonchev–Trinajstić information content (AvgIpc) is 3.59. The summed E-state index contributed by atoms with van der Waals surface area (Å²) >= 11 is 0. The van der Waals surface area contributed by atoms with Crippen molar-refractivity contribution in [3.63, 3.8) is 0 Å². The van der Waals surface area contributed by atoms with Gasteiger partial charge in [-0.15, -0.1) is 10.2 Å². The zero-order valence-corrected chi connectivity index (χ0v) is 19.8. The van der Waals surface area contributed by atoms with Gasteiger partial charge in [0, 0.05) is 11.3 Å². The van der Waals surface area contributed by atoms with E-state index in [4.69, 9.17) is 0 Å². The second kappa shape index (κ2) is 8.56. The maximum Gasteiger partial charge on any atom is 0.268 e. The molecule has 3 aromatic carbocycles. The van der Waals surface area contributed by atoms with Crippen molar-refractivity contribution in [2.45, 2.75) is 45.1 Å². The predicted molar refractivity (Wildman–Crippen MR) is 135 cm³/mol. The van der Waals surface area contributed by atoms with E-state index in [9.17, 15) is 9.90 Å². The first kappa shape index (κ1) is 22.1. The number of amides is 1. The Labute approximate surface area is 199 Å². The quantitative estimate of drug-likeness (QED) is 0.329. The fourth-order valence-electron chi connectivity index (χ4n) is 4.54. The number of nitrogens with zero attached hydrogens (tertiary/aromatic N) is 3. The van der Waals surface area contributed by atoms with E-state index in [2.05, 4.69) is 55.3 Å². The van der Waals surface area contributed by atoms with Crippen LogP contribution in [0.4, 0.5) is 5.69 Å². The van der Waals surface area contributed by atoms with E-state index in [1.54, 1.807) is 4.57 Å². The van der Waals surface area contributed by atoms with Crippen molar-refractivity contribution in [1.82, 2.24) is 4.57 Å². The van der Waals surface area contributed by atoms with Gasteiger partial charge in [-0.05, 0) is 40.5 Å². The van der Waals surface area contributed by atoms with Crippen molar-refractivity contribution in [2.24, 2.45) is 16.1 Å². The number of carbonyl (C=O) groups is 1. The van der Waals surface area contributed by atoms with Crippen molar-refractivity contribution < 1.29 is 9.90 Å². The second-order valence-corrected chi connectivity index (χ2v) is 10.1. The topological polar surface area (TPSA) is 66.9 Å². The highest BCUT2D eigenvalue weighted by atomic mass is 16.3. The summed E-state index contributed by atoms with van der Waals surface area (Å²) in [7, 11) is 0. The van der Waals surface area contributed by atoms with Crippen LogP contribution < -0.4 is 0 Å². The lowest BCUT2D eigenvalue weighted by Crippen LogP contribution is -2.10.